The van der Waals surface area contributed by atoms with Crippen LogP contribution >= 0.6 is 11.3 Å². The topological polar surface area (TPSA) is 143 Å². The molecule has 1 saturated carbocycles. The minimum absolute atomic E-state index is 0.0641. The molecular formula is C46H64N8O6S. The number of thiazole rings is 1. The molecule has 4 aromatic rings. The summed E-state index contributed by atoms with van der Waals surface area (Å²) >= 11 is 1.41. The van der Waals surface area contributed by atoms with Gasteiger partial charge in [0.15, 0.2) is 0 Å². The standard InChI is InChI=1S/C46H64N8O6S/c1-11-53-37-13-12-28(2)20-33(37)35(41(53)34-22-31(25-48-39(34)29(3)58-10)52-17-15-51(9)16-18-52)24-46(7,8)27-59-43(56)40-32-21-30(32)26-54(50-40)42(55)36(23-38-47-14-19-61-38)49-44(57)60-45(4,5)6/h12-14,19-20,22,25,29-30,32,36,40,50H,11,15-18,21,23-24,26-27H2,1-10H3,(H,49,57)/t29-,30?,32?,36-,40-/m0/s1. The summed E-state index contributed by atoms with van der Waals surface area (Å²) in [6, 6.07) is 7.31. The van der Waals surface area contributed by atoms with Crippen LogP contribution in [-0.4, -0.2) is 114 Å². The lowest BCUT2D eigenvalue weighted by atomic mass is 9.84. The van der Waals surface area contributed by atoms with Gasteiger partial charge in [-0.15, -0.1) is 11.3 Å². The molecule has 0 radical (unpaired) electrons. The fraction of sp³-hybridized carbons (Fsp3) is 0.587. The molecule has 61 heavy (non-hydrogen) atoms. The number of likely N-dealkylation sites (N-methyl/N-ethyl adjacent to an activating group) is 1. The number of amides is 2. The smallest absolute Gasteiger partial charge is 0.408 e. The average Bonchev–Trinajstić information content (AvgIpc) is 3.71. The molecular weight excluding hydrogens is 793 g/mol. The van der Waals surface area contributed by atoms with Gasteiger partial charge < -0.3 is 33.9 Å². The van der Waals surface area contributed by atoms with Gasteiger partial charge in [-0.25, -0.2) is 15.2 Å². The molecule has 7 rings (SSSR count). The van der Waals surface area contributed by atoms with Crippen LogP contribution in [0.15, 0.2) is 42.0 Å². The third kappa shape index (κ3) is 10.2. The number of ether oxygens (including phenoxy) is 3. The number of carbonyl (C=O) groups is 3. The number of hydrazine groups is 1. The van der Waals surface area contributed by atoms with E-state index in [-0.39, 0.29) is 42.8 Å². The Kier molecular flexibility index (Phi) is 13.2. The molecule has 2 saturated heterocycles. The fourth-order valence-corrected chi connectivity index (χ4v) is 9.42. The lowest BCUT2D eigenvalue weighted by molar-refractivity contribution is -0.155. The zero-order chi connectivity index (χ0) is 43.8. The van der Waals surface area contributed by atoms with E-state index in [0.717, 1.165) is 67.3 Å². The normalized spacial score (nSPS) is 20.6. The Balaban J connectivity index is 1.13. The number of carbonyl (C=O) groups excluding carboxylic acids is 3. The van der Waals surface area contributed by atoms with Gasteiger partial charge in [-0.3, -0.25) is 19.6 Å². The third-order valence-electron chi connectivity index (χ3n) is 12.2. The number of aromatic nitrogens is 3. The molecule has 14 nitrogen and oxygen atoms in total. The van der Waals surface area contributed by atoms with E-state index in [0.29, 0.717) is 18.0 Å². The number of benzene rings is 1. The number of piperazine rings is 1. The maximum atomic E-state index is 14.1. The monoisotopic (exact) mass is 856 g/mol. The zero-order valence-corrected chi connectivity index (χ0v) is 38.4. The second kappa shape index (κ2) is 18.0. The van der Waals surface area contributed by atoms with Gasteiger partial charge in [-0.05, 0) is 97.0 Å². The van der Waals surface area contributed by atoms with Gasteiger partial charge in [0.1, 0.15) is 17.7 Å². The third-order valence-corrected chi connectivity index (χ3v) is 13.0. The van der Waals surface area contributed by atoms with Crippen molar-refractivity contribution in [2.24, 2.45) is 17.3 Å². The van der Waals surface area contributed by atoms with E-state index in [9.17, 15) is 14.4 Å². The summed E-state index contributed by atoms with van der Waals surface area (Å²) in [5.41, 5.74) is 9.65. The van der Waals surface area contributed by atoms with Crippen LogP contribution in [0.5, 0.6) is 0 Å². The van der Waals surface area contributed by atoms with Crippen LogP contribution in [0.1, 0.15) is 82.8 Å². The predicted octanol–water partition coefficient (Wildman–Crippen LogP) is 6.55. The van der Waals surface area contributed by atoms with E-state index < -0.39 is 29.2 Å². The molecule has 15 heteroatoms. The number of pyridine rings is 1. The highest BCUT2D eigenvalue weighted by molar-refractivity contribution is 7.09. The summed E-state index contributed by atoms with van der Waals surface area (Å²) in [7, 11) is 3.89. The lowest BCUT2D eigenvalue weighted by Crippen LogP contribution is -2.61. The van der Waals surface area contributed by atoms with Crippen molar-refractivity contribution in [3.8, 4) is 11.3 Å². The van der Waals surface area contributed by atoms with Crippen molar-refractivity contribution < 1.29 is 28.6 Å². The van der Waals surface area contributed by atoms with Crippen LogP contribution in [0.4, 0.5) is 10.5 Å². The number of aryl methyl sites for hydroxylation is 2. The maximum absolute atomic E-state index is 14.1. The molecule has 1 aromatic carbocycles. The van der Waals surface area contributed by atoms with Crippen molar-refractivity contribution >= 4 is 45.9 Å². The Labute approximate surface area is 364 Å². The Hall–Kier alpha value is -4.57. The summed E-state index contributed by atoms with van der Waals surface area (Å²) in [5.74, 6) is -0.521. The number of alkyl carbamates (subject to hydrolysis) is 1. The first kappa shape index (κ1) is 44.5. The average molecular weight is 857 g/mol. The van der Waals surface area contributed by atoms with Crippen molar-refractivity contribution in [3.05, 3.63) is 63.9 Å². The predicted molar refractivity (Wildman–Crippen MR) is 238 cm³/mol. The molecule has 2 aliphatic heterocycles. The second-order valence-electron chi connectivity index (χ2n) is 18.9. The Morgan fingerprint density at radius 1 is 1.07 bits per heavy atom. The van der Waals surface area contributed by atoms with E-state index in [1.54, 1.807) is 34.1 Å². The van der Waals surface area contributed by atoms with Gasteiger partial charge >= 0.3 is 12.1 Å². The first-order chi connectivity index (χ1) is 28.9. The SMILES string of the molecule is CCn1c(-c2cc(N3CCN(C)CC3)cnc2[C@H](C)OC)c(CC(C)(C)COC(=O)[C@H]2NN(C(=O)[C@H](Cc3nccs3)NC(=O)OC(C)(C)C)CC3CC32)c2cc(C)ccc21. The quantitative estimate of drug-likeness (QED) is 0.133. The van der Waals surface area contributed by atoms with Gasteiger partial charge in [0.05, 0.1) is 41.0 Å². The molecule has 5 atom stereocenters. The zero-order valence-electron chi connectivity index (χ0n) is 37.5. The summed E-state index contributed by atoms with van der Waals surface area (Å²) < 4.78 is 20.0. The largest absolute Gasteiger partial charge is 0.464 e. The van der Waals surface area contributed by atoms with E-state index >= 15 is 0 Å². The van der Waals surface area contributed by atoms with Gasteiger partial charge in [-0.1, -0.05) is 25.5 Å². The number of hydrogen-bond acceptors (Lipinski definition) is 12. The molecule has 3 aromatic heterocycles. The number of anilines is 1. The fourth-order valence-electron chi connectivity index (χ4n) is 8.75. The number of esters is 1. The van der Waals surface area contributed by atoms with Crippen molar-refractivity contribution in [2.75, 3.05) is 58.4 Å². The van der Waals surface area contributed by atoms with Crippen molar-refractivity contribution in [1.82, 2.24) is 35.2 Å². The molecule has 0 spiro atoms. The number of nitrogens with one attached hydrogen (secondary N) is 2. The summed E-state index contributed by atoms with van der Waals surface area (Å²) in [5, 5.41) is 7.96. The highest BCUT2D eigenvalue weighted by Crippen LogP contribution is 2.46. The van der Waals surface area contributed by atoms with Gasteiger partial charge in [0.25, 0.3) is 5.91 Å². The highest BCUT2D eigenvalue weighted by atomic mass is 32.1. The van der Waals surface area contributed by atoms with Gasteiger partial charge in [0, 0.05) is 86.3 Å². The van der Waals surface area contributed by atoms with Crippen LogP contribution < -0.4 is 15.6 Å². The Morgan fingerprint density at radius 3 is 2.49 bits per heavy atom. The minimum atomic E-state index is -0.938. The molecule has 2 N–H and O–H groups in total. The first-order valence-electron chi connectivity index (χ1n) is 21.7. The highest BCUT2D eigenvalue weighted by Gasteiger charge is 2.53. The molecule has 330 valence electrons. The second-order valence-corrected chi connectivity index (χ2v) is 19.9. The molecule has 3 aliphatic rings. The summed E-state index contributed by atoms with van der Waals surface area (Å²) in [6.07, 6.45) is 4.37. The van der Waals surface area contributed by atoms with E-state index in [1.165, 1.54) is 32.9 Å². The first-order valence-corrected chi connectivity index (χ1v) is 22.5. The van der Waals surface area contributed by atoms with Gasteiger partial charge in [0.2, 0.25) is 0 Å². The number of fused-ring (bicyclic) bond motifs is 2. The van der Waals surface area contributed by atoms with Gasteiger partial charge in [-0.2, -0.15) is 0 Å². The number of rotatable bonds is 14. The lowest BCUT2D eigenvalue weighted by Gasteiger charge is -2.35. The molecule has 2 amide bonds. The van der Waals surface area contributed by atoms with E-state index in [1.807, 2.05) is 18.5 Å². The van der Waals surface area contributed by atoms with Crippen LogP contribution in [-0.2, 0) is 43.2 Å². The van der Waals surface area contributed by atoms with Crippen LogP contribution in [0.25, 0.3) is 22.2 Å². The number of methoxy groups -OCH3 is 1. The van der Waals surface area contributed by atoms with E-state index in [4.69, 9.17) is 19.2 Å². The number of hydrogen-bond donors (Lipinski definition) is 2. The molecule has 1 aliphatic carbocycles. The maximum Gasteiger partial charge on any atom is 0.408 e. The summed E-state index contributed by atoms with van der Waals surface area (Å²) in [4.78, 5) is 55.2. The molecule has 3 fully saturated rings. The van der Waals surface area contributed by atoms with Crippen molar-refractivity contribution in [1.29, 1.82) is 0 Å². The van der Waals surface area contributed by atoms with Crippen LogP contribution in [0.2, 0.25) is 0 Å². The number of nitrogens with zero attached hydrogens (tertiary/aromatic N) is 6. The molecule has 0 bridgehead atoms. The summed E-state index contributed by atoms with van der Waals surface area (Å²) in [6.45, 7) is 21.2. The van der Waals surface area contributed by atoms with E-state index in [2.05, 4.69) is 89.1 Å². The van der Waals surface area contributed by atoms with Crippen molar-refractivity contribution in [2.45, 2.75) is 105 Å². The van der Waals surface area contributed by atoms with Crippen LogP contribution in [0.3, 0.4) is 0 Å². The van der Waals surface area contributed by atoms with Crippen molar-refractivity contribution in [3.63, 3.8) is 0 Å². The molecule has 2 unspecified atom stereocenters. The minimum Gasteiger partial charge on any atom is -0.464 e. The Bertz CT molecular complexity index is 2210. The Morgan fingerprint density at radius 2 is 1.82 bits per heavy atom. The van der Waals surface area contributed by atoms with Crippen LogP contribution in [0, 0.1) is 24.2 Å². The molecule has 5 heterocycles.